The molecule has 0 radical (unpaired) electrons. The normalized spacial score (nSPS) is 14.7. The zero-order valence-electron chi connectivity index (χ0n) is 17.6. The van der Waals surface area contributed by atoms with E-state index < -0.39 is 46.9 Å². The van der Waals surface area contributed by atoms with Crippen LogP contribution < -0.4 is 0 Å². The number of carboxylic acid groups (broad SMARTS) is 1. The third kappa shape index (κ3) is 11.9. The molecular weight excluding hydrogens is 384 g/mol. The van der Waals surface area contributed by atoms with Gasteiger partial charge in [0.25, 0.3) is 0 Å². The molecule has 0 spiro atoms. The van der Waals surface area contributed by atoms with Gasteiger partial charge < -0.3 is 24.4 Å². The van der Waals surface area contributed by atoms with Crippen LogP contribution in [-0.4, -0.2) is 70.3 Å². The van der Waals surface area contributed by atoms with Crippen LogP contribution in [-0.2, 0) is 33.4 Å². The molecule has 0 fully saturated rings. The highest BCUT2D eigenvalue weighted by molar-refractivity contribution is 6.00. The highest BCUT2D eigenvalue weighted by Crippen LogP contribution is 2.15. The first-order chi connectivity index (χ1) is 13.1. The Morgan fingerprint density at radius 3 is 1.93 bits per heavy atom. The third-order valence-corrected chi connectivity index (χ3v) is 3.52. The maximum Gasteiger partial charge on any atom is 0.330 e. The van der Waals surface area contributed by atoms with Crippen LogP contribution in [0.1, 0.15) is 41.5 Å². The third-order valence-electron chi connectivity index (χ3n) is 3.52. The standard InChI is InChI=1S/C20H30O9/c1-13(11-28-18(25)10-8-15(21)19(3,4)26)27-12-14(2)29-20(5,6)16(22)7-9-17(23)24/h7-10,13-14,26H,11-12H2,1-6H3,(H,23,24). The number of ether oxygens (including phenoxy) is 3. The number of rotatable bonds is 13. The number of carboxylic acids is 1. The summed E-state index contributed by atoms with van der Waals surface area (Å²) in [6.45, 7) is 9.02. The highest BCUT2D eigenvalue weighted by Gasteiger charge is 2.29. The van der Waals surface area contributed by atoms with E-state index in [1.54, 1.807) is 13.8 Å². The molecule has 0 heterocycles. The van der Waals surface area contributed by atoms with Crippen LogP contribution in [0.5, 0.6) is 0 Å². The van der Waals surface area contributed by atoms with E-state index in [0.717, 1.165) is 24.3 Å². The summed E-state index contributed by atoms with van der Waals surface area (Å²) in [7, 11) is 0. The van der Waals surface area contributed by atoms with Crippen molar-refractivity contribution in [2.24, 2.45) is 0 Å². The number of hydrogen-bond acceptors (Lipinski definition) is 8. The van der Waals surface area contributed by atoms with Crippen molar-refractivity contribution in [3.05, 3.63) is 24.3 Å². The molecule has 0 aliphatic heterocycles. The van der Waals surface area contributed by atoms with Gasteiger partial charge in [0, 0.05) is 12.2 Å². The van der Waals surface area contributed by atoms with E-state index in [0.29, 0.717) is 0 Å². The van der Waals surface area contributed by atoms with E-state index in [-0.39, 0.29) is 13.2 Å². The Morgan fingerprint density at radius 1 is 0.862 bits per heavy atom. The quantitative estimate of drug-likeness (QED) is 0.337. The van der Waals surface area contributed by atoms with Gasteiger partial charge >= 0.3 is 11.9 Å². The number of ketones is 2. The Balaban J connectivity index is 4.36. The second-order valence-corrected chi connectivity index (χ2v) is 7.51. The first-order valence-corrected chi connectivity index (χ1v) is 9.01. The topological polar surface area (TPSA) is 136 Å². The van der Waals surface area contributed by atoms with E-state index in [1.165, 1.54) is 27.7 Å². The van der Waals surface area contributed by atoms with Crippen LogP contribution in [0.15, 0.2) is 24.3 Å². The summed E-state index contributed by atoms with van der Waals surface area (Å²) in [6.07, 6.45) is 2.59. The Morgan fingerprint density at radius 2 is 1.41 bits per heavy atom. The minimum absolute atomic E-state index is 0.0731. The summed E-state index contributed by atoms with van der Waals surface area (Å²) >= 11 is 0. The van der Waals surface area contributed by atoms with Gasteiger partial charge in [-0.05, 0) is 53.7 Å². The summed E-state index contributed by atoms with van der Waals surface area (Å²) in [4.78, 5) is 45.5. The molecule has 29 heavy (non-hydrogen) atoms. The van der Waals surface area contributed by atoms with E-state index in [9.17, 15) is 24.3 Å². The zero-order valence-corrected chi connectivity index (χ0v) is 17.6. The molecule has 0 saturated heterocycles. The number of hydrogen-bond donors (Lipinski definition) is 2. The first-order valence-electron chi connectivity index (χ1n) is 9.01. The molecule has 9 nitrogen and oxygen atoms in total. The minimum atomic E-state index is -1.57. The number of esters is 1. The lowest BCUT2D eigenvalue weighted by Gasteiger charge is -2.27. The average molecular weight is 414 g/mol. The van der Waals surface area contributed by atoms with E-state index in [1.807, 2.05) is 0 Å². The minimum Gasteiger partial charge on any atom is -0.478 e. The van der Waals surface area contributed by atoms with Gasteiger partial charge in [-0.1, -0.05) is 0 Å². The summed E-state index contributed by atoms with van der Waals surface area (Å²) in [5.41, 5.74) is -2.80. The smallest absolute Gasteiger partial charge is 0.330 e. The van der Waals surface area contributed by atoms with Crippen molar-refractivity contribution in [3.8, 4) is 0 Å². The monoisotopic (exact) mass is 414 g/mol. The summed E-state index contributed by atoms with van der Waals surface area (Å²) < 4.78 is 16.1. The van der Waals surface area contributed by atoms with Crippen LogP contribution in [0.3, 0.4) is 0 Å². The molecule has 0 saturated carbocycles. The second kappa shape index (κ2) is 11.6. The fourth-order valence-corrected chi connectivity index (χ4v) is 1.89. The largest absolute Gasteiger partial charge is 0.478 e. The molecule has 9 heteroatoms. The van der Waals surface area contributed by atoms with Crippen LogP contribution in [0.4, 0.5) is 0 Å². The Bertz CT molecular complexity index is 653. The summed E-state index contributed by atoms with van der Waals surface area (Å²) in [5, 5.41) is 18.0. The van der Waals surface area contributed by atoms with Gasteiger partial charge in [0.1, 0.15) is 17.8 Å². The molecule has 0 aromatic rings. The van der Waals surface area contributed by atoms with Gasteiger partial charge in [0.15, 0.2) is 11.6 Å². The molecule has 2 N–H and O–H groups in total. The fourth-order valence-electron chi connectivity index (χ4n) is 1.89. The maximum atomic E-state index is 12.0. The highest BCUT2D eigenvalue weighted by atomic mass is 16.6. The Kier molecular flexibility index (Phi) is 10.7. The van der Waals surface area contributed by atoms with Crippen LogP contribution >= 0.6 is 0 Å². The molecule has 0 amide bonds. The lowest BCUT2D eigenvalue weighted by atomic mass is 10.0. The lowest BCUT2D eigenvalue weighted by molar-refractivity contribution is -0.151. The Labute approximate surface area is 170 Å². The molecule has 2 atom stereocenters. The zero-order chi connectivity index (χ0) is 22.8. The van der Waals surface area contributed by atoms with Crippen molar-refractivity contribution in [1.29, 1.82) is 0 Å². The average Bonchev–Trinajstić information content (AvgIpc) is 2.59. The molecule has 0 rings (SSSR count). The predicted octanol–water partition coefficient (Wildman–Crippen LogP) is 1.22. The van der Waals surface area contributed by atoms with Crippen molar-refractivity contribution >= 4 is 23.5 Å². The molecule has 0 aliphatic rings. The SMILES string of the molecule is CC(COC(=O)C=CC(=O)C(C)(C)O)OCC(C)OC(C)(C)C(=O)C=CC(=O)O. The van der Waals surface area contributed by atoms with Crippen molar-refractivity contribution < 1.29 is 43.6 Å². The van der Waals surface area contributed by atoms with Gasteiger partial charge in [-0.15, -0.1) is 0 Å². The maximum absolute atomic E-state index is 12.0. The lowest BCUT2D eigenvalue weighted by Crippen LogP contribution is -2.39. The number of aliphatic hydroxyl groups is 1. The molecule has 2 unspecified atom stereocenters. The van der Waals surface area contributed by atoms with E-state index >= 15 is 0 Å². The summed E-state index contributed by atoms with van der Waals surface area (Å²) in [6, 6.07) is 0. The van der Waals surface area contributed by atoms with Gasteiger partial charge in [0.2, 0.25) is 0 Å². The van der Waals surface area contributed by atoms with Crippen molar-refractivity contribution in [2.45, 2.75) is 65.0 Å². The number of aliphatic carboxylic acids is 1. The van der Waals surface area contributed by atoms with Crippen molar-refractivity contribution in [2.75, 3.05) is 13.2 Å². The van der Waals surface area contributed by atoms with Crippen LogP contribution in [0, 0.1) is 0 Å². The van der Waals surface area contributed by atoms with Gasteiger partial charge in [-0.3, -0.25) is 9.59 Å². The van der Waals surface area contributed by atoms with E-state index in [4.69, 9.17) is 19.3 Å². The molecule has 0 aromatic heterocycles. The van der Waals surface area contributed by atoms with Crippen LogP contribution in [0.2, 0.25) is 0 Å². The molecule has 0 bridgehead atoms. The molecular formula is C20H30O9. The molecule has 0 aliphatic carbocycles. The predicted molar refractivity (Wildman–Crippen MR) is 103 cm³/mol. The molecule has 164 valence electrons. The summed E-state index contributed by atoms with van der Waals surface area (Å²) in [5.74, 6) is -3.10. The second-order valence-electron chi connectivity index (χ2n) is 7.51. The van der Waals surface area contributed by atoms with Gasteiger partial charge in [-0.2, -0.15) is 0 Å². The van der Waals surface area contributed by atoms with E-state index in [2.05, 4.69) is 0 Å². The van der Waals surface area contributed by atoms with Crippen molar-refractivity contribution in [3.63, 3.8) is 0 Å². The first kappa shape index (κ1) is 26.6. The van der Waals surface area contributed by atoms with Crippen LogP contribution in [0.25, 0.3) is 0 Å². The van der Waals surface area contributed by atoms with Crippen molar-refractivity contribution in [1.82, 2.24) is 0 Å². The number of carbonyl (C=O) groups is 4. The van der Waals surface area contributed by atoms with Gasteiger partial charge in [0.05, 0.1) is 18.8 Å². The van der Waals surface area contributed by atoms with Gasteiger partial charge in [-0.25, -0.2) is 9.59 Å². The fraction of sp³-hybridized carbons (Fsp3) is 0.600. The molecule has 0 aromatic carbocycles. The number of carbonyl (C=O) groups excluding carboxylic acids is 3. The Hall–Kier alpha value is -2.36.